The van der Waals surface area contributed by atoms with Gasteiger partial charge in [0.15, 0.2) is 5.11 Å². The molecule has 2 N–H and O–H groups in total. The summed E-state index contributed by atoms with van der Waals surface area (Å²) in [6, 6.07) is 0. The van der Waals surface area contributed by atoms with Gasteiger partial charge in [-0.15, -0.1) is 0 Å². The molecular weight excluding hydrogens is 196 g/mol. The van der Waals surface area contributed by atoms with Crippen LogP contribution in [0.4, 0.5) is 0 Å². The quantitative estimate of drug-likeness (QED) is 0.501. The highest BCUT2D eigenvalue weighted by Gasteiger charge is 1.94. The Bertz CT molecular complexity index is 151. The molecule has 0 bridgehead atoms. The van der Waals surface area contributed by atoms with Crippen molar-refractivity contribution >= 4 is 17.3 Å². The average Bonchev–Trinajstić information content (AvgIpc) is 2.11. The third-order valence-corrected chi connectivity index (χ3v) is 2.00. The number of thiocarbonyl (C=S) groups is 1. The zero-order valence-corrected chi connectivity index (χ0v) is 10.2. The van der Waals surface area contributed by atoms with E-state index in [9.17, 15) is 0 Å². The summed E-state index contributed by atoms with van der Waals surface area (Å²) in [5, 5.41) is 6.79. The van der Waals surface area contributed by atoms with E-state index in [1.807, 2.05) is 6.92 Å². The highest BCUT2D eigenvalue weighted by atomic mass is 32.1. The monoisotopic (exact) mass is 218 g/mol. The summed E-state index contributed by atoms with van der Waals surface area (Å²) >= 11 is 4.99. The summed E-state index contributed by atoms with van der Waals surface area (Å²) in [6.07, 6.45) is 1.12. The SMILES string of the molecule is CCNC(=S)NCCOCCC(C)C. The van der Waals surface area contributed by atoms with Gasteiger partial charge in [-0.1, -0.05) is 13.8 Å². The minimum absolute atomic E-state index is 0.708. The molecule has 0 saturated heterocycles. The van der Waals surface area contributed by atoms with Gasteiger partial charge in [-0.2, -0.15) is 0 Å². The smallest absolute Gasteiger partial charge is 0.166 e. The maximum Gasteiger partial charge on any atom is 0.166 e. The van der Waals surface area contributed by atoms with Crippen molar-refractivity contribution in [3.05, 3.63) is 0 Å². The molecule has 0 aliphatic heterocycles. The van der Waals surface area contributed by atoms with E-state index in [0.29, 0.717) is 11.0 Å². The van der Waals surface area contributed by atoms with E-state index in [1.54, 1.807) is 0 Å². The fourth-order valence-electron chi connectivity index (χ4n) is 0.881. The summed E-state index contributed by atoms with van der Waals surface area (Å²) in [5.74, 6) is 0.714. The van der Waals surface area contributed by atoms with Crippen molar-refractivity contribution in [2.75, 3.05) is 26.3 Å². The zero-order chi connectivity index (χ0) is 10.8. The Morgan fingerprint density at radius 3 is 2.57 bits per heavy atom. The minimum atomic E-state index is 0.708. The Hall–Kier alpha value is -0.350. The van der Waals surface area contributed by atoms with Crippen LogP contribution >= 0.6 is 12.2 Å². The predicted molar refractivity (Wildman–Crippen MR) is 64.6 cm³/mol. The van der Waals surface area contributed by atoms with Crippen LogP contribution in [0.15, 0.2) is 0 Å². The van der Waals surface area contributed by atoms with Gasteiger partial charge >= 0.3 is 0 Å². The molecule has 3 nitrogen and oxygen atoms in total. The van der Waals surface area contributed by atoms with Gasteiger partial charge in [0.2, 0.25) is 0 Å². The first-order chi connectivity index (χ1) is 6.66. The molecule has 14 heavy (non-hydrogen) atoms. The molecule has 0 aliphatic carbocycles. The van der Waals surface area contributed by atoms with Gasteiger partial charge in [0.05, 0.1) is 6.61 Å². The number of hydrogen-bond donors (Lipinski definition) is 2. The van der Waals surface area contributed by atoms with Crippen molar-refractivity contribution in [3.63, 3.8) is 0 Å². The lowest BCUT2D eigenvalue weighted by atomic mass is 10.1. The fraction of sp³-hybridized carbons (Fsp3) is 0.900. The predicted octanol–water partition coefficient (Wildman–Crippen LogP) is 1.53. The molecule has 0 rings (SSSR count). The lowest BCUT2D eigenvalue weighted by Crippen LogP contribution is -2.36. The molecule has 0 saturated carbocycles. The van der Waals surface area contributed by atoms with Gasteiger partial charge in [0, 0.05) is 19.7 Å². The van der Waals surface area contributed by atoms with Gasteiger partial charge in [-0.05, 0) is 31.5 Å². The normalized spacial score (nSPS) is 10.3. The average molecular weight is 218 g/mol. The van der Waals surface area contributed by atoms with E-state index in [0.717, 1.165) is 32.7 Å². The van der Waals surface area contributed by atoms with E-state index in [-0.39, 0.29) is 0 Å². The summed E-state index contributed by atoms with van der Waals surface area (Å²) in [6.45, 7) is 9.62. The van der Waals surface area contributed by atoms with Crippen LogP contribution in [0.5, 0.6) is 0 Å². The van der Waals surface area contributed by atoms with Gasteiger partial charge in [0.25, 0.3) is 0 Å². The lowest BCUT2D eigenvalue weighted by Gasteiger charge is -2.09. The van der Waals surface area contributed by atoms with Crippen LogP contribution in [0.25, 0.3) is 0 Å². The highest BCUT2D eigenvalue weighted by Crippen LogP contribution is 1.97. The first-order valence-corrected chi connectivity index (χ1v) is 5.67. The van der Waals surface area contributed by atoms with Gasteiger partial charge in [-0.25, -0.2) is 0 Å². The van der Waals surface area contributed by atoms with Crippen LogP contribution in [0.3, 0.4) is 0 Å². The molecule has 0 spiro atoms. The van der Waals surface area contributed by atoms with E-state index in [2.05, 4.69) is 24.5 Å². The summed E-state index contributed by atoms with van der Waals surface area (Å²) < 4.78 is 5.42. The topological polar surface area (TPSA) is 33.3 Å². The van der Waals surface area contributed by atoms with Gasteiger partial charge < -0.3 is 15.4 Å². The van der Waals surface area contributed by atoms with Crippen LogP contribution in [0, 0.1) is 5.92 Å². The maximum atomic E-state index is 5.42. The Balaban J connectivity index is 3.09. The van der Waals surface area contributed by atoms with Crippen LogP contribution in [-0.2, 0) is 4.74 Å². The van der Waals surface area contributed by atoms with Crippen molar-refractivity contribution in [3.8, 4) is 0 Å². The molecule has 0 heterocycles. The van der Waals surface area contributed by atoms with Gasteiger partial charge in [0.1, 0.15) is 0 Å². The number of rotatable bonds is 7. The molecule has 0 aromatic rings. The van der Waals surface area contributed by atoms with E-state index >= 15 is 0 Å². The molecule has 0 amide bonds. The largest absolute Gasteiger partial charge is 0.380 e. The van der Waals surface area contributed by atoms with Crippen molar-refractivity contribution < 1.29 is 4.74 Å². The second-order valence-corrected chi connectivity index (χ2v) is 3.99. The van der Waals surface area contributed by atoms with Crippen LogP contribution in [-0.4, -0.2) is 31.4 Å². The van der Waals surface area contributed by atoms with Crippen LogP contribution < -0.4 is 10.6 Å². The molecule has 0 radical (unpaired) electrons. The maximum absolute atomic E-state index is 5.42. The number of nitrogens with one attached hydrogen (secondary N) is 2. The summed E-state index contributed by atoms with van der Waals surface area (Å²) in [5.41, 5.74) is 0. The van der Waals surface area contributed by atoms with E-state index < -0.39 is 0 Å². The number of hydrogen-bond acceptors (Lipinski definition) is 2. The molecule has 0 aromatic carbocycles. The van der Waals surface area contributed by atoms with Crippen LogP contribution in [0.1, 0.15) is 27.2 Å². The third kappa shape index (κ3) is 9.74. The first-order valence-electron chi connectivity index (χ1n) is 5.26. The summed E-state index contributed by atoms with van der Waals surface area (Å²) in [4.78, 5) is 0. The molecule has 0 fully saturated rings. The van der Waals surface area contributed by atoms with Crippen molar-refractivity contribution in [2.45, 2.75) is 27.2 Å². The Morgan fingerprint density at radius 1 is 1.29 bits per heavy atom. The standard InChI is InChI=1S/C10H22N2OS/c1-4-11-10(14)12-6-8-13-7-5-9(2)3/h9H,4-8H2,1-3H3,(H2,11,12,14). The minimum Gasteiger partial charge on any atom is -0.380 e. The van der Waals surface area contributed by atoms with Crippen molar-refractivity contribution in [1.29, 1.82) is 0 Å². The van der Waals surface area contributed by atoms with Gasteiger partial charge in [-0.3, -0.25) is 0 Å². The molecule has 84 valence electrons. The van der Waals surface area contributed by atoms with Crippen molar-refractivity contribution in [2.24, 2.45) is 5.92 Å². The van der Waals surface area contributed by atoms with Crippen molar-refractivity contribution in [1.82, 2.24) is 10.6 Å². The number of ether oxygens (including phenoxy) is 1. The zero-order valence-electron chi connectivity index (χ0n) is 9.43. The Morgan fingerprint density at radius 2 is 2.00 bits per heavy atom. The Labute approximate surface area is 92.6 Å². The second kappa shape index (κ2) is 9.21. The molecular formula is C10H22N2OS. The Kier molecular flexibility index (Phi) is 8.98. The third-order valence-electron chi connectivity index (χ3n) is 1.71. The van der Waals surface area contributed by atoms with Crippen LogP contribution in [0.2, 0.25) is 0 Å². The molecule has 0 atom stereocenters. The van der Waals surface area contributed by atoms with E-state index in [1.165, 1.54) is 0 Å². The molecule has 4 heteroatoms. The van der Waals surface area contributed by atoms with E-state index in [4.69, 9.17) is 17.0 Å². The lowest BCUT2D eigenvalue weighted by molar-refractivity contribution is 0.128. The fourth-order valence-corrected chi connectivity index (χ4v) is 1.13. The molecule has 0 aromatic heterocycles. The molecule has 0 aliphatic rings. The highest BCUT2D eigenvalue weighted by molar-refractivity contribution is 7.80. The molecule has 0 unspecified atom stereocenters. The first kappa shape index (κ1) is 13.7. The summed E-state index contributed by atoms with van der Waals surface area (Å²) in [7, 11) is 0. The second-order valence-electron chi connectivity index (χ2n) is 3.58.